The minimum atomic E-state index is 0.169. The van der Waals surface area contributed by atoms with E-state index in [0.717, 1.165) is 0 Å². The fraction of sp³-hybridized carbons (Fsp3) is 0.280. The number of benzene rings is 2. The van der Waals surface area contributed by atoms with Gasteiger partial charge >= 0.3 is 0 Å². The maximum absolute atomic E-state index is 3.87. The van der Waals surface area contributed by atoms with Gasteiger partial charge in [-0.05, 0) is 40.5 Å². The van der Waals surface area contributed by atoms with Crippen LogP contribution in [0.2, 0.25) is 0 Å². The minimum absolute atomic E-state index is 0.169. The van der Waals surface area contributed by atoms with E-state index in [-0.39, 0.29) is 5.41 Å². The van der Waals surface area contributed by atoms with Gasteiger partial charge in [-0.2, -0.15) is 0 Å². The Morgan fingerprint density at radius 3 is 1.92 bits per heavy atom. The van der Waals surface area contributed by atoms with Crippen LogP contribution in [0.15, 0.2) is 79.4 Å². The molecule has 0 heterocycles. The summed E-state index contributed by atoms with van der Waals surface area (Å²) in [4.78, 5) is 0. The first-order chi connectivity index (χ1) is 11.8. The third-order valence-electron chi connectivity index (χ3n) is 5.08. The molecule has 130 valence electrons. The number of hydrogen-bond acceptors (Lipinski definition) is 0. The van der Waals surface area contributed by atoms with Gasteiger partial charge in [-0.15, -0.1) is 0 Å². The van der Waals surface area contributed by atoms with Crippen molar-refractivity contribution in [1.29, 1.82) is 0 Å². The fourth-order valence-electron chi connectivity index (χ4n) is 2.47. The Morgan fingerprint density at radius 1 is 0.920 bits per heavy atom. The summed E-state index contributed by atoms with van der Waals surface area (Å²) in [5.74, 6) is 0.595. The van der Waals surface area contributed by atoms with Gasteiger partial charge in [0.05, 0.1) is 0 Å². The molecule has 2 rings (SSSR count). The average molecular weight is 331 g/mol. The highest BCUT2D eigenvalue weighted by Crippen LogP contribution is 2.30. The Labute approximate surface area is 153 Å². The van der Waals surface area contributed by atoms with E-state index in [1.54, 1.807) is 0 Å². The fourth-order valence-corrected chi connectivity index (χ4v) is 2.47. The van der Waals surface area contributed by atoms with Gasteiger partial charge < -0.3 is 0 Å². The van der Waals surface area contributed by atoms with Gasteiger partial charge in [0.1, 0.15) is 0 Å². The molecule has 0 radical (unpaired) electrons. The summed E-state index contributed by atoms with van der Waals surface area (Å²) >= 11 is 0. The molecule has 0 nitrogen and oxygen atoms in total. The Balaban J connectivity index is 2.28. The molecule has 2 aromatic carbocycles. The maximum atomic E-state index is 3.87. The monoisotopic (exact) mass is 330 g/mol. The maximum Gasteiger partial charge on any atom is -0.0149 e. The van der Waals surface area contributed by atoms with Crippen LogP contribution >= 0.6 is 0 Å². The third kappa shape index (κ3) is 5.06. The SMILES string of the molecule is C=C/C=C(\C=C/C(C)(C)C(C)C)c1ccc(-c2ccc(C)cc2)cc1. The van der Waals surface area contributed by atoms with Crippen molar-refractivity contribution in [2.45, 2.75) is 34.6 Å². The number of rotatable bonds is 6. The van der Waals surface area contributed by atoms with E-state index in [4.69, 9.17) is 0 Å². The summed E-state index contributed by atoms with van der Waals surface area (Å²) < 4.78 is 0. The van der Waals surface area contributed by atoms with E-state index in [0.29, 0.717) is 5.92 Å². The molecule has 0 aliphatic carbocycles. The summed E-state index contributed by atoms with van der Waals surface area (Å²) in [6, 6.07) is 17.4. The minimum Gasteiger partial charge on any atom is -0.0990 e. The Morgan fingerprint density at radius 2 is 1.44 bits per heavy atom. The van der Waals surface area contributed by atoms with Crippen LogP contribution in [0, 0.1) is 18.3 Å². The Kier molecular flexibility index (Phi) is 6.20. The zero-order valence-corrected chi connectivity index (χ0v) is 16.2. The second-order valence-electron chi connectivity index (χ2n) is 7.61. The van der Waals surface area contributed by atoms with Crippen LogP contribution in [0.1, 0.15) is 38.8 Å². The van der Waals surface area contributed by atoms with Crippen LogP contribution in [0.3, 0.4) is 0 Å². The standard InChI is InChI=1S/C25H30/c1-7-8-21(17-18-25(5,6)19(2)3)23-13-15-24(16-14-23)22-11-9-20(4)10-12-22/h7-19H,1H2,2-6H3/b18-17-,21-8+. The first kappa shape index (κ1) is 19.0. The van der Waals surface area contributed by atoms with E-state index in [1.807, 2.05) is 6.08 Å². The zero-order valence-electron chi connectivity index (χ0n) is 16.2. The first-order valence-electron chi connectivity index (χ1n) is 9.03. The van der Waals surface area contributed by atoms with Crippen LogP contribution < -0.4 is 0 Å². The largest absolute Gasteiger partial charge is 0.0990 e. The van der Waals surface area contributed by atoms with E-state index in [9.17, 15) is 0 Å². The first-order valence-corrected chi connectivity index (χ1v) is 9.03. The van der Waals surface area contributed by atoms with Gasteiger partial charge in [0.2, 0.25) is 0 Å². The molecule has 0 amide bonds. The summed E-state index contributed by atoms with van der Waals surface area (Å²) in [6.45, 7) is 15.1. The molecule has 2 aromatic rings. The lowest BCUT2D eigenvalue weighted by atomic mass is 9.80. The van der Waals surface area contributed by atoms with Gasteiger partial charge in [0.25, 0.3) is 0 Å². The molecule has 0 N–H and O–H groups in total. The normalized spacial score (nSPS) is 12.8. The van der Waals surface area contributed by atoms with E-state index >= 15 is 0 Å². The van der Waals surface area contributed by atoms with Gasteiger partial charge in [0.15, 0.2) is 0 Å². The van der Waals surface area contributed by atoms with E-state index in [2.05, 4.69) is 108 Å². The third-order valence-corrected chi connectivity index (χ3v) is 5.08. The second kappa shape index (κ2) is 8.16. The zero-order chi connectivity index (χ0) is 18.4. The lowest BCUT2D eigenvalue weighted by Gasteiger charge is -2.25. The molecule has 0 spiro atoms. The molecule has 0 saturated heterocycles. The van der Waals surface area contributed by atoms with Crippen LogP contribution in [0.4, 0.5) is 0 Å². The highest BCUT2D eigenvalue weighted by Gasteiger charge is 2.18. The lowest BCUT2D eigenvalue weighted by Crippen LogP contribution is -2.15. The quantitative estimate of drug-likeness (QED) is 0.482. The van der Waals surface area contributed by atoms with Crippen LogP contribution in [-0.4, -0.2) is 0 Å². The van der Waals surface area contributed by atoms with Crippen LogP contribution in [0.5, 0.6) is 0 Å². The van der Waals surface area contributed by atoms with Gasteiger partial charge in [-0.1, -0.05) is 113 Å². The van der Waals surface area contributed by atoms with E-state index < -0.39 is 0 Å². The summed E-state index contributed by atoms with van der Waals surface area (Å²) in [5.41, 5.74) is 6.36. The molecule has 25 heavy (non-hydrogen) atoms. The Hall–Kier alpha value is -2.34. The van der Waals surface area contributed by atoms with Crippen molar-refractivity contribution in [1.82, 2.24) is 0 Å². The Bertz CT molecular complexity index is 751. The summed E-state index contributed by atoms with van der Waals surface area (Å²) in [7, 11) is 0. The molecule has 0 saturated carbocycles. The average Bonchev–Trinajstić information content (AvgIpc) is 2.59. The predicted molar refractivity (Wildman–Crippen MR) is 113 cm³/mol. The molecule has 0 aliphatic rings. The van der Waals surface area contributed by atoms with Crippen molar-refractivity contribution in [3.63, 3.8) is 0 Å². The lowest BCUT2D eigenvalue weighted by molar-refractivity contribution is 0.333. The van der Waals surface area contributed by atoms with Crippen molar-refractivity contribution in [2.24, 2.45) is 11.3 Å². The van der Waals surface area contributed by atoms with Crippen LogP contribution in [-0.2, 0) is 0 Å². The number of hydrogen-bond donors (Lipinski definition) is 0. The summed E-state index contributed by atoms with van der Waals surface area (Å²) in [5, 5.41) is 0. The topological polar surface area (TPSA) is 0 Å². The molecular formula is C25H30. The van der Waals surface area contributed by atoms with Gasteiger partial charge in [-0.25, -0.2) is 0 Å². The molecular weight excluding hydrogens is 300 g/mol. The number of allylic oxidation sites excluding steroid dienone is 5. The van der Waals surface area contributed by atoms with Crippen molar-refractivity contribution in [3.05, 3.63) is 90.5 Å². The van der Waals surface area contributed by atoms with E-state index in [1.165, 1.54) is 27.8 Å². The molecule has 0 heteroatoms. The highest BCUT2D eigenvalue weighted by atomic mass is 14.2. The molecule has 0 bridgehead atoms. The molecule has 0 atom stereocenters. The predicted octanol–water partition coefficient (Wildman–Crippen LogP) is 7.47. The number of aryl methyl sites for hydroxylation is 1. The van der Waals surface area contributed by atoms with Crippen molar-refractivity contribution in [2.75, 3.05) is 0 Å². The molecule has 0 unspecified atom stereocenters. The smallest absolute Gasteiger partial charge is 0.0149 e. The van der Waals surface area contributed by atoms with Crippen LogP contribution in [0.25, 0.3) is 16.7 Å². The second-order valence-corrected chi connectivity index (χ2v) is 7.61. The molecule has 0 aliphatic heterocycles. The molecule has 0 fully saturated rings. The van der Waals surface area contributed by atoms with Crippen molar-refractivity contribution in [3.8, 4) is 11.1 Å². The van der Waals surface area contributed by atoms with Crippen molar-refractivity contribution >= 4 is 5.57 Å². The molecule has 0 aromatic heterocycles. The van der Waals surface area contributed by atoms with Crippen molar-refractivity contribution < 1.29 is 0 Å². The summed E-state index contributed by atoms with van der Waals surface area (Å²) in [6.07, 6.45) is 8.47. The highest BCUT2D eigenvalue weighted by molar-refractivity contribution is 5.77. The van der Waals surface area contributed by atoms with Gasteiger partial charge in [0, 0.05) is 0 Å². The van der Waals surface area contributed by atoms with Gasteiger partial charge in [-0.3, -0.25) is 0 Å².